The van der Waals surface area contributed by atoms with Gasteiger partial charge in [-0.1, -0.05) is 41.6 Å². The molecule has 1 unspecified atom stereocenters. The molecule has 0 N–H and O–H groups in total. The van der Waals surface area contributed by atoms with Crippen LogP contribution in [0.4, 0.5) is 0 Å². The van der Waals surface area contributed by atoms with Gasteiger partial charge in [-0.2, -0.15) is 0 Å². The van der Waals surface area contributed by atoms with Crippen molar-refractivity contribution in [3.8, 4) is 22.5 Å². The summed E-state index contributed by atoms with van der Waals surface area (Å²) in [5.74, 6) is 1.05. The second kappa shape index (κ2) is 10.2. The van der Waals surface area contributed by atoms with Crippen LogP contribution >= 0.6 is 22.7 Å². The van der Waals surface area contributed by atoms with Crippen LogP contribution in [0.2, 0.25) is 0 Å². The van der Waals surface area contributed by atoms with Crippen molar-refractivity contribution in [2.75, 3.05) is 19.6 Å². The first kappa shape index (κ1) is 24.1. The molecule has 0 saturated carbocycles. The summed E-state index contributed by atoms with van der Waals surface area (Å²) < 4.78 is 5.54. The van der Waals surface area contributed by atoms with Crippen LogP contribution in [0.3, 0.4) is 0 Å². The number of aromatic nitrogens is 2. The van der Waals surface area contributed by atoms with E-state index in [4.69, 9.17) is 9.51 Å². The number of nitrogens with zero attached hydrogens (tertiary/aromatic N) is 4. The Hall–Kier alpha value is -3.30. The normalized spacial score (nSPS) is 18.6. The Morgan fingerprint density at radius 2 is 1.92 bits per heavy atom. The molecule has 2 saturated heterocycles. The Bertz CT molecular complexity index is 1390. The fourth-order valence-corrected chi connectivity index (χ4v) is 7.04. The van der Waals surface area contributed by atoms with Gasteiger partial charge in [0.2, 0.25) is 11.8 Å². The van der Waals surface area contributed by atoms with Crippen LogP contribution in [0.1, 0.15) is 40.8 Å². The van der Waals surface area contributed by atoms with Crippen LogP contribution < -0.4 is 0 Å². The van der Waals surface area contributed by atoms with Gasteiger partial charge < -0.3 is 14.3 Å². The van der Waals surface area contributed by atoms with Gasteiger partial charge in [-0.05, 0) is 31.2 Å². The van der Waals surface area contributed by atoms with Crippen molar-refractivity contribution in [1.82, 2.24) is 19.9 Å². The summed E-state index contributed by atoms with van der Waals surface area (Å²) in [5.41, 5.74) is 3.66. The van der Waals surface area contributed by atoms with Gasteiger partial charge in [0.1, 0.15) is 11.5 Å². The maximum atomic E-state index is 13.2. The van der Waals surface area contributed by atoms with E-state index in [1.165, 1.54) is 0 Å². The van der Waals surface area contributed by atoms with Crippen molar-refractivity contribution < 1.29 is 14.1 Å². The molecule has 7 nitrogen and oxygen atoms in total. The standard InChI is InChI=1S/C28H28N4O3S2/c1-18-25(26(30-35-18)19-6-3-2-4-7-19)23-17-37-27(29-23)20-9-11-31(12-10-20)28(34)21-14-24(33)32(15-21)16-22-8-5-13-36-22/h2-8,13,17,20-21H,9-12,14-16H2,1H3. The molecule has 1 aromatic carbocycles. The van der Waals surface area contributed by atoms with Gasteiger partial charge in [0, 0.05) is 47.8 Å². The lowest BCUT2D eigenvalue weighted by Crippen LogP contribution is -2.42. The summed E-state index contributed by atoms with van der Waals surface area (Å²) in [6.07, 6.45) is 2.08. The summed E-state index contributed by atoms with van der Waals surface area (Å²) >= 11 is 3.32. The van der Waals surface area contributed by atoms with Crippen LogP contribution in [0.25, 0.3) is 22.5 Å². The molecule has 2 aliphatic rings. The highest BCUT2D eigenvalue weighted by atomic mass is 32.1. The molecule has 9 heteroatoms. The minimum absolute atomic E-state index is 0.0795. The summed E-state index contributed by atoms with van der Waals surface area (Å²) in [5, 5.41) is 9.50. The molecule has 190 valence electrons. The Labute approximate surface area is 223 Å². The van der Waals surface area contributed by atoms with E-state index in [0.717, 1.165) is 51.0 Å². The molecule has 37 heavy (non-hydrogen) atoms. The van der Waals surface area contributed by atoms with E-state index in [2.05, 4.69) is 10.5 Å². The predicted molar refractivity (Wildman–Crippen MR) is 144 cm³/mol. The van der Waals surface area contributed by atoms with E-state index in [1.807, 2.05) is 64.6 Å². The van der Waals surface area contributed by atoms with Crippen LogP contribution in [-0.4, -0.2) is 51.4 Å². The van der Waals surface area contributed by atoms with E-state index in [-0.39, 0.29) is 17.7 Å². The summed E-state index contributed by atoms with van der Waals surface area (Å²) in [4.78, 5) is 35.7. The third-order valence-corrected chi connectivity index (χ3v) is 9.20. The minimum atomic E-state index is -0.233. The summed E-state index contributed by atoms with van der Waals surface area (Å²) in [6, 6.07) is 14.1. The first-order chi connectivity index (χ1) is 18.1. The molecule has 4 aromatic rings. The molecule has 0 spiro atoms. The number of carbonyl (C=O) groups excluding carboxylic acids is 2. The zero-order valence-electron chi connectivity index (χ0n) is 20.6. The van der Waals surface area contributed by atoms with Gasteiger partial charge in [0.15, 0.2) is 0 Å². The molecule has 5 heterocycles. The second-order valence-corrected chi connectivity index (χ2v) is 11.7. The van der Waals surface area contributed by atoms with Crippen LogP contribution in [0, 0.1) is 12.8 Å². The SMILES string of the molecule is Cc1onc(-c2ccccc2)c1-c1csc(C2CCN(C(=O)C3CC(=O)N(Cc4cccs4)C3)CC2)n1. The van der Waals surface area contributed by atoms with Gasteiger partial charge in [-0.25, -0.2) is 4.98 Å². The van der Waals surface area contributed by atoms with Gasteiger partial charge in [-0.15, -0.1) is 22.7 Å². The first-order valence-electron chi connectivity index (χ1n) is 12.6. The van der Waals surface area contributed by atoms with Gasteiger partial charge in [0.25, 0.3) is 0 Å². The number of thiophene rings is 1. The number of piperidine rings is 1. The quantitative estimate of drug-likeness (QED) is 0.323. The van der Waals surface area contributed by atoms with E-state index in [0.29, 0.717) is 38.5 Å². The number of aryl methyl sites for hydroxylation is 1. The summed E-state index contributed by atoms with van der Waals surface area (Å²) in [7, 11) is 0. The molecular formula is C28H28N4O3S2. The van der Waals surface area contributed by atoms with Gasteiger partial charge in [-0.3, -0.25) is 9.59 Å². The lowest BCUT2D eigenvalue weighted by molar-refractivity contribution is -0.136. The molecule has 0 radical (unpaired) electrons. The average Bonchev–Trinajstić information content (AvgIpc) is 3.73. The van der Waals surface area contributed by atoms with Crippen LogP contribution in [0.15, 0.2) is 57.7 Å². The van der Waals surface area contributed by atoms with E-state index < -0.39 is 0 Å². The molecule has 2 fully saturated rings. The number of hydrogen-bond donors (Lipinski definition) is 0. The third-order valence-electron chi connectivity index (χ3n) is 7.33. The van der Waals surface area contributed by atoms with E-state index in [1.54, 1.807) is 22.7 Å². The van der Waals surface area contributed by atoms with E-state index >= 15 is 0 Å². The maximum Gasteiger partial charge on any atom is 0.227 e. The molecule has 2 aliphatic heterocycles. The number of rotatable bonds is 6. The maximum absolute atomic E-state index is 13.2. The van der Waals surface area contributed by atoms with E-state index in [9.17, 15) is 9.59 Å². The Morgan fingerprint density at radius 3 is 2.68 bits per heavy atom. The average molecular weight is 533 g/mol. The third kappa shape index (κ3) is 4.85. The van der Waals surface area contributed by atoms with Crippen LogP contribution in [0.5, 0.6) is 0 Å². The van der Waals surface area contributed by atoms with Crippen molar-refractivity contribution >= 4 is 34.5 Å². The number of amides is 2. The zero-order chi connectivity index (χ0) is 25.4. The second-order valence-electron chi connectivity index (χ2n) is 9.75. The molecule has 6 rings (SSSR count). The first-order valence-corrected chi connectivity index (χ1v) is 14.4. The lowest BCUT2D eigenvalue weighted by Gasteiger charge is -2.32. The topological polar surface area (TPSA) is 79.5 Å². The number of hydrogen-bond acceptors (Lipinski definition) is 7. The van der Waals surface area contributed by atoms with Crippen molar-refractivity contribution in [3.05, 3.63) is 68.9 Å². The van der Waals surface area contributed by atoms with Crippen LogP contribution in [-0.2, 0) is 16.1 Å². The predicted octanol–water partition coefficient (Wildman–Crippen LogP) is 5.59. The molecule has 0 aliphatic carbocycles. The van der Waals surface area contributed by atoms with Gasteiger partial charge >= 0.3 is 0 Å². The summed E-state index contributed by atoms with van der Waals surface area (Å²) in [6.45, 7) is 4.46. The monoisotopic (exact) mass is 532 g/mol. The number of thiazole rings is 1. The zero-order valence-corrected chi connectivity index (χ0v) is 22.3. The lowest BCUT2D eigenvalue weighted by atomic mass is 9.96. The number of carbonyl (C=O) groups is 2. The number of likely N-dealkylation sites (tertiary alicyclic amines) is 2. The Morgan fingerprint density at radius 1 is 1.11 bits per heavy atom. The van der Waals surface area contributed by atoms with Crippen molar-refractivity contribution in [2.24, 2.45) is 5.92 Å². The van der Waals surface area contributed by atoms with Crippen molar-refractivity contribution in [1.29, 1.82) is 0 Å². The highest BCUT2D eigenvalue weighted by Gasteiger charge is 2.38. The highest BCUT2D eigenvalue weighted by Crippen LogP contribution is 2.38. The Kier molecular flexibility index (Phi) is 6.65. The van der Waals surface area contributed by atoms with Gasteiger partial charge in [0.05, 0.1) is 28.7 Å². The smallest absolute Gasteiger partial charge is 0.227 e. The van der Waals surface area contributed by atoms with Crippen molar-refractivity contribution in [3.63, 3.8) is 0 Å². The fraction of sp³-hybridized carbons (Fsp3) is 0.357. The highest BCUT2D eigenvalue weighted by molar-refractivity contribution is 7.10. The molecule has 3 aromatic heterocycles. The molecule has 0 bridgehead atoms. The molecular weight excluding hydrogens is 504 g/mol. The number of benzene rings is 1. The molecule has 1 atom stereocenters. The largest absolute Gasteiger partial charge is 0.360 e. The van der Waals surface area contributed by atoms with Crippen molar-refractivity contribution in [2.45, 2.75) is 38.6 Å². The fourth-order valence-electron chi connectivity index (χ4n) is 5.34. The molecule has 2 amide bonds. The Balaban J connectivity index is 1.09. The minimum Gasteiger partial charge on any atom is -0.360 e.